The molecular formula is C16H11Br2ClO2. The van der Waals surface area contributed by atoms with Crippen molar-refractivity contribution in [3.8, 4) is 11.1 Å². The lowest BCUT2D eigenvalue weighted by molar-refractivity contribution is -0.136. The molecular weight excluding hydrogens is 419 g/mol. The van der Waals surface area contributed by atoms with Gasteiger partial charge in [0.1, 0.15) is 4.83 Å². The molecule has 0 fully saturated rings. The first-order valence-electron chi connectivity index (χ1n) is 6.40. The Labute approximate surface area is 144 Å². The fraction of sp³-hybridized carbons (Fsp3) is 0.188. The SMILES string of the molecule is O=C(O)C(Br)C(Br)c1ccc2c(c1)Cc1cc(Cl)ccc1-2. The summed E-state index contributed by atoms with van der Waals surface area (Å²) in [5.41, 5.74) is 5.79. The molecule has 0 heterocycles. The average Bonchev–Trinajstić information content (AvgIpc) is 2.81. The van der Waals surface area contributed by atoms with Crippen LogP contribution in [0.5, 0.6) is 0 Å². The van der Waals surface area contributed by atoms with Crippen LogP contribution < -0.4 is 0 Å². The summed E-state index contributed by atoms with van der Waals surface area (Å²) >= 11 is 12.7. The Hall–Kier alpha value is -0.840. The van der Waals surface area contributed by atoms with Crippen LogP contribution in [0, 0.1) is 0 Å². The van der Waals surface area contributed by atoms with Crippen molar-refractivity contribution in [1.29, 1.82) is 0 Å². The minimum absolute atomic E-state index is 0.271. The molecule has 1 aliphatic carbocycles. The van der Waals surface area contributed by atoms with Crippen LogP contribution in [0.2, 0.25) is 5.02 Å². The number of halogens is 3. The van der Waals surface area contributed by atoms with Crippen LogP contribution in [0.4, 0.5) is 0 Å². The van der Waals surface area contributed by atoms with E-state index < -0.39 is 10.8 Å². The number of rotatable bonds is 3. The lowest BCUT2D eigenvalue weighted by Crippen LogP contribution is -2.18. The fourth-order valence-electron chi connectivity index (χ4n) is 2.66. The Bertz CT molecular complexity index is 730. The molecule has 0 radical (unpaired) electrons. The molecule has 0 amide bonds. The molecule has 2 unspecified atom stereocenters. The maximum Gasteiger partial charge on any atom is 0.318 e. The third kappa shape index (κ3) is 2.77. The van der Waals surface area contributed by atoms with Gasteiger partial charge < -0.3 is 5.11 Å². The summed E-state index contributed by atoms with van der Waals surface area (Å²) in [4.78, 5) is 10.1. The highest BCUT2D eigenvalue weighted by molar-refractivity contribution is 9.12. The van der Waals surface area contributed by atoms with E-state index in [4.69, 9.17) is 16.7 Å². The molecule has 0 aliphatic heterocycles. The van der Waals surface area contributed by atoms with Crippen molar-refractivity contribution >= 4 is 49.4 Å². The largest absolute Gasteiger partial charge is 0.480 e. The van der Waals surface area contributed by atoms with Gasteiger partial charge in [-0.15, -0.1) is 0 Å². The zero-order valence-corrected chi connectivity index (χ0v) is 14.7. The van der Waals surface area contributed by atoms with E-state index in [0.717, 1.165) is 17.0 Å². The minimum atomic E-state index is -0.882. The summed E-state index contributed by atoms with van der Waals surface area (Å²) in [5.74, 6) is -0.882. The smallest absolute Gasteiger partial charge is 0.318 e. The van der Waals surface area contributed by atoms with Gasteiger partial charge in [-0.1, -0.05) is 67.7 Å². The number of alkyl halides is 2. The molecule has 1 N–H and O–H groups in total. The second-order valence-electron chi connectivity index (χ2n) is 5.04. The third-order valence-corrected chi connectivity index (χ3v) is 6.60. The predicted octanol–water partition coefficient (Wildman–Crippen LogP) is 5.20. The van der Waals surface area contributed by atoms with E-state index in [2.05, 4.69) is 44.0 Å². The predicted molar refractivity (Wildman–Crippen MR) is 91.7 cm³/mol. The highest BCUT2D eigenvalue weighted by Gasteiger charge is 2.26. The Morgan fingerprint density at radius 3 is 2.38 bits per heavy atom. The number of aliphatic carboxylic acids is 1. The molecule has 0 saturated heterocycles. The lowest BCUT2D eigenvalue weighted by atomic mass is 10.0. The Morgan fingerprint density at radius 2 is 1.71 bits per heavy atom. The van der Waals surface area contributed by atoms with Gasteiger partial charge in [0.25, 0.3) is 0 Å². The van der Waals surface area contributed by atoms with Gasteiger partial charge in [-0.3, -0.25) is 4.79 Å². The summed E-state index contributed by atoms with van der Waals surface area (Å²) in [6.45, 7) is 0. The van der Waals surface area contributed by atoms with E-state index in [9.17, 15) is 4.79 Å². The molecule has 3 rings (SSSR count). The Kier molecular flexibility index (Phi) is 4.12. The molecule has 5 heteroatoms. The lowest BCUT2D eigenvalue weighted by Gasteiger charge is -2.14. The van der Waals surface area contributed by atoms with Crippen molar-refractivity contribution in [3.63, 3.8) is 0 Å². The first kappa shape index (κ1) is 15.1. The summed E-state index contributed by atoms with van der Waals surface area (Å²) in [7, 11) is 0. The van der Waals surface area contributed by atoms with Crippen molar-refractivity contribution in [2.45, 2.75) is 16.1 Å². The number of carbonyl (C=O) groups is 1. The van der Waals surface area contributed by atoms with Gasteiger partial charge in [-0.25, -0.2) is 0 Å². The molecule has 0 saturated carbocycles. The van der Waals surface area contributed by atoms with Gasteiger partial charge >= 0.3 is 5.97 Å². The minimum Gasteiger partial charge on any atom is -0.480 e. The second-order valence-corrected chi connectivity index (χ2v) is 7.45. The summed E-state index contributed by atoms with van der Waals surface area (Å²) in [6, 6.07) is 12.0. The maximum atomic E-state index is 11.1. The molecule has 0 bridgehead atoms. The van der Waals surface area contributed by atoms with E-state index in [1.807, 2.05) is 24.3 Å². The fourth-order valence-corrected chi connectivity index (χ4v) is 3.68. The zero-order valence-electron chi connectivity index (χ0n) is 10.8. The van der Waals surface area contributed by atoms with E-state index in [0.29, 0.717) is 0 Å². The van der Waals surface area contributed by atoms with Crippen molar-refractivity contribution in [3.05, 3.63) is 58.1 Å². The first-order chi connectivity index (χ1) is 9.97. The number of fused-ring (bicyclic) bond motifs is 3. The topological polar surface area (TPSA) is 37.3 Å². The van der Waals surface area contributed by atoms with E-state index >= 15 is 0 Å². The number of benzene rings is 2. The summed E-state index contributed by atoms with van der Waals surface area (Å²) in [5, 5.41) is 9.83. The van der Waals surface area contributed by atoms with Crippen LogP contribution in [-0.4, -0.2) is 15.9 Å². The molecule has 1 aliphatic rings. The zero-order chi connectivity index (χ0) is 15.1. The quantitative estimate of drug-likeness (QED) is 0.581. The highest BCUT2D eigenvalue weighted by Crippen LogP contribution is 2.40. The normalized spacial score (nSPS) is 15.2. The van der Waals surface area contributed by atoms with Crippen LogP contribution in [0.25, 0.3) is 11.1 Å². The third-order valence-electron chi connectivity index (χ3n) is 3.68. The van der Waals surface area contributed by atoms with Gasteiger partial charge in [0.2, 0.25) is 0 Å². The van der Waals surface area contributed by atoms with Crippen molar-refractivity contribution in [1.82, 2.24) is 0 Å². The monoisotopic (exact) mass is 428 g/mol. The van der Waals surface area contributed by atoms with Crippen molar-refractivity contribution in [2.75, 3.05) is 0 Å². The van der Waals surface area contributed by atoms with Crippen LogP contribution in [0.3, 0.4) is 0 Å². The van der Waals surface area contributed by atoms with Gasteiger partial charge in [0.05, 0.1) is 4.83 Å². The Morgan fingerprint density at radius 1 is 1.10 bits per heavy atom. The van der Waals surface area contributed by atoms with E-state index in [1.165, 1.54) is 22.3 Å². The second kappa shape index (κ2) is 5.75. The van der Waals surface area contributed by atoms with Crippen molar-refractivity contribution < 1.29 is 9.90 Å². The van der Waals surface area contributed by atoms with Gasteiger partial charge in [0, 0.05) is 5.02 Å². The highest BCUT2D eigenvalue weighted by atomic mass is 79.9. The molecule has 0 spiro atoms. The number of hydrogen-bond acceptors (Lipinski definition) is 1. The van der Waals surface area contributed by atoms with E-state index in [1.54, 1.807) is 0 Å². The molecule has 108 valence electrons. The van der Waals surface area contributed by atoms with E-state index in [-0.39, 0.29) is 4.83 Å². The number of carboxylic acids is 1. The van der Waals surface area contributed by atoms with Gasteiger partial charge in [0.15, 0.2) is 0 Å². The summed E-state index contributed by atoms with van der Waals surface area (Å²) in [6.07, 6.45) is 0.832. The van der Waals surface area contributed by atoms with Crippen LogP contribution in [0.15, 0.2) is 36.4 Å². The van der Waals surface area contributed by atoms with Crippen molar-refractivity contribution in [2.24, 2.45) is 0 Å². The number of carboxylic acid groups (broad SMARTS) is 1. The molecule has 2 nitrogen and oxygen atoms in total. The van der Waals surface area contributed by atoms with Gasteiger partial charge in [-0.2, -0.15) is 0 Å². The Balaban J connectivity index is 1.97. The molecule has 2 aromatic rings. The first-order valence-corrected chi connectivity index (χ1v) is 8.61. The van der Waals surface area contributed by atoms with Gasteiger partial charge in [-0.05, 0) is 46.4 Å². The molecule has 2 aromatic carbocycles. The number of hydrogen-bond donors (Lipinski definition) is 1. The molecule has 21 heavy (non-hydrogen) atoms. The van der Waals surface area contributed by atoms with Crippen LogP contribution in [-0.2, 0) is 11.2 Å². The molecule has 2 atom stereocenters. The average molecular weight is 431 g/mol. The van der Waals surface area contributed by atoms with Crippen LogP contribution >= 0.6 is 43.5 Å². The maximum absolute atomic E-state index is 11.1. The molecule has 0 aromatic heterocycles. The van der Waals surface area contributed by atoms with Crippen LogP contribution in [0.1, 0.15) is 21.5 Å². The summed E-state index contributed by atoms with van der Waals surface area (Å²) < 4.78 is 0. The standard InChI is InChI=1S/C16H11Br2ClO2/c17-14(15(18)16(20)21)8-1-3-12-9(5-8)6-10-7-11(19)2-4-13(10)12/h1-5,7,14-15H,6H2,(H,20,21).